The standard InChI is InChI=1S/C9H17O9P/c1-9(8(11)18-14-3,6-7(10)17-13-2)19(12,15-4)16-5/h6H2,1-5H3. The topological polar surface area (TPSA) is 107 Å². The van der Waals surface area contributed by atoms with Crippen LogP contribution in [0, 0.1) is 0 Å². The van der Waals surface area contributed by atoms with E-state index in [0.717, 1.165) is 28.4 Å². The highest BCUT2D eigenvalue weighted by molar-refractivity contribution is 7.56. The van der Waals surface area contributed by atoms with Gasteiger partial charge in [0.1, 0.15) is 0 Å². The van der Waals surface area contributed by atoms with E-state index in [1.165, 1.54) is 6.92 Å². The van der Waals surface area contributed by atoms with E-state index >= 15 is 0 Å². The van der Waals surface area contributed by atoms with Crippen LogP contribution in [0.25, 0.3) is 0 Å². The van der Waals surface area contributed by atoms with Gasteiger partial charge in [-0.15, -0.1) is 0 Å². The summed E-state index contributed by atoms with van der Waals surface area (Å²) in [7, 11) is 0.356. The van der Waals surface area contributed by atoms with E-state index in [0.29, 0.717) is 0 Å². The predicted molar refractivity (Wildman–Crippen MR) is 60.8 cm³/mol. The van der Waals surface area contributed by atoms with Gasteiger partial charge >= 0.3 is 19.5 Å². The first kappa shape index (κ1) is 18.0. The molecule has 9 nitrogen and oxygen atoms in total. The third-order valence-electron chi connectivity index (χ3n) is 2.35. The summed E-state index contributed by atoms with van der Waals surface area (Å²) >= 11 is 0. The van der Waals surface area contributed by atoms with E-state index in [1.54, 1.807) is 0 Å². The quantitative estimate of drug-likeness (QED) is 0.366. The van der Waals surface area contributed by atoms with Crippen molar-refractivity contribution in [1.82, 2.24) is 0 Å². The highest BCUT2D eigenvalue weighted by Gasteiger charge is 2.56. The molecule has 0 aromatic carbocycles. The molecule has 10 heteroatoms. The maximum atomic E-state index is 12.4. The number of hydrogen-bond acceptors (Lipinski definition) is 9. The third kappa shape index (κ3) is 3.99. The molecule has 19 heavy (non-hydrogen) atoms. The molecule has 0 saturated carbocycles. The van der Waals surface area contributed by atoms with Crippen LogP contribution in [0.4, 0.5) is 0 Å². The average Bonchev–Trinajstić information content (AvgIpc) is 2.37. The molecule has 0 fully saturated rings. The Morgan fingerprint density at radius 1 is 1.00 bits per heavy atom. The summed E-state index contributed by atoms with van der Waals surface area (Å²) in [5, 5.41) is -1.94. The molecule has 0 saturated heterocycles. The Morgan fingerprint density at radius 2 is 1.47 bits per heavy atom. The number of carbonyl (C=O) groups is 2. The molecule has 0 amide bonds. The summed E-state index contributed by atoms with van der Waals surface area (Å²) in [6.45, 7) is 1.17. The second-order valence-corrected chi connectivity index (χ2v) is 6.18. The van der Waals surface area contributed by atoms with Gasteiger partial charge in [0.2, 0.25) is 0 Å². The van der Waals surface area contributed by atoms with Gasteiger partial charge < -0.3 is 9.05 Å². The molecule has 0 rings (SSSR count). The van der Waals surface area contributed by atoms with Crippen LogP contribution in [-0.4, -0.2) is 45.5 Å². The normalized spacial score (nSPS) is 14.6. The van der Waals surface area contributed by atoms with Gasteiger partial charge in [-0.1, -0.05) is 0 Å². The summed E-state index contributed by atoms with van der Waals surface area (Å²) in [5.74, 6) is -2.05. The van der Waals surface area contributed by atoms with Crippen LogP contribution in [0.15, 0.2) is 0 Å². The minimum Gasteiger partial charge on any atom is -0.311 e. The van der Waals surface area contributed by atoms with E-state index in [1.807, 2.05) is 0 Å². The highest BCUT2D eigenvalue weighted by Crippen LogP contribution is 2.60. The fourth-order valence-corrected chi connectivity index (χ4v) is 2.87. The lowest BCUT2D eigenvalue weighted by atomic mass is 10.1. The van der Waals surface area contributed by atoms with E-state index in [-0.39, 0.29) is 0 Å². The van der Waals surface area contributed by atoms with Crippen LogP contribution in [0.5, 0.6) is 0 Å². The van der Waals surface area contributed by atoms with Gasteiger partial charge in [0.05, 0.1) is 20.6 Å². The van der Waals surface area contributed by atoms with E-state index in [9.17, 15) is 14.2 Å². The molecule has 1 atom stereocenters. The second-order valence-electron chi connectivity index (χ2n) is 3.47. The smallest absolute Gasteiger partial charge is 0.311 e. The van der Waals surface area contributed by atoms with Gasteiger partial charge in [-0.2, -0.15) is 9.78 Å². The van der Waals surface area contributed by atoms with Crippen LogP contribution in [0.3, 0.4) is 0 Å². The molecule has 1 unspecified atom stereocenters. The number of hydrogen-bond donors (Lipinski definition) is 0. The zero-order valence-electron chi connectivity index (χ0n) is 11.3. The summed E-state index contributed by atoms with van der Waals surface area (Å²) in [5.41, 5.74) is 0. The van der Waals surface area contributed by atoms with E-state index in [4.69, 9.17) is 9.05 Å². The molecular weight excluding hydrogens is 283 g/mol. The largest absolute Gasteiger partial charge is 0.360 e. The maximum Gasteiger partial charge on any atom is 0.360 e. The third-order valence-corrected chi connectivity index (χ3v) is 4.86. The number of carbonyl (C=O) groups excluding carboxylic acids is 2. The van der Waals surface area contributed by atoms with Crippen LogP contribution in [0.2, 0.25) is 0 Å². The van der Waals surface area contributed by atoms with Crippen molar-refractivity contribution in [3.8, 4) is 0 Å². The first-order chi connectivity index (χ1) is 8.81. The zero-order valence-corrected chi connectivity index (χ0v) is 12.2. The van der Waals surface area contributed by atoms with Crippen molar-refractivity contribution in [2.45, 2.75) is 18.5 Å². The second kappa shape index (κ2) is 7.56. The molecule has 0 spiro atoms. The van der Waals surface area contributed by atoms with Gasteiger partial charge in [-0.25, -0.2) is 9.59 Å². The molecule has 0 radical (unpaired) electrons. The minimum atomic E-state index is -3.98. The molecule has 0 bridgehead atoms. The highest BCUT2D eigenvalue weighted by atomic mass is 31.2. The van der Waals surface area contributed by atoms with Crippen molar-refractivity contribution in [1.29, 1.82) is 0 Å². The SMILES string of the molecule is COOC(=O)CC(C)(C(=O)OOC)P(=O)(OC)OC. The molecule has 0 N–H and O–H groups in total. The van der Waals surface area contributed by atoms with E-state index in [2.05, 4.69) is 19.6 Å². The molecule has 112 valence electrons. The van der Waals surface area contributed by atoms with Gasteiger partial charge in [0, 0.05) is 14.2 Å². The first-order valence-corrected chi connectivity index (χ1v) is 6.55. The minimum absolute atomic E-state index is 0.651. The Hall–Kier alpha value is -0.990. The van der Waals surface area contributed by atoms with Crippen molar-refractivity contribution in [2.24, 2.45) is 0 Å². The lowest BCUT2D eigenvalue weighted by Gasteiger charge is -2.30. The van der Waals surface area contributed by atoms with Crippen LogP contribution < -0.4 is 0 Å². The molecule has 0 aliphatic heterocycles. The van der Waals surface area contributed by atoms with Crippen molar-refractivity contribution < 1.29 is 42.8 Å². The Bertz CT molecular complexity index is 361. The van der Waals surface area contributed by atoms with Gasteiger partial charge in [0.15, 0.2) is 5.16 Å². The number of rotatable bonds is 8. The van der Waals surface area contributed by atoms with Crippen LogP contribution >= 0.6 is 7.60 Å². The van der Waals surface area contributed by atoms with Gasteiger partial charge in [-0.3, -0.25) is 14.3 Å². The molecule has 0 aliphatic rings. The summed E-state index contributed by atoms with van der Waals surface area (Å²) < 4.78 is 21.8. The van der Waals surface area contributed by atoms with Gasteiger partial charge in [0.25, 0.3) is 0 Å². The summed E-state index contributed by atoms with van der Waals surface area (Å²) in [4.78, 5) is 40.2. The average molecular weight is 300 g/mol. The van der Waals surface area contributed by atoms with Crippen molar-refractivity contribution in [3.05, 3.63) is 0 Å². The zero-order chi connectivity index (χ0) is 15.1. The van der Waals surface area contributed by atoms with Crippen LogP contribution in [-0.2, 0) is 42.8 Å². The lowest BCUT2D eigenvalue weighted by molar-refractivity contribution is -0.263. The Morgan fingerprint density at radius 3 is 1.84 bits per heavy atom. The monoisotopic (exact) mass is 300 g/mol. The van der Waals surface area contributed by atoms with Gasteiger partial charge in [-0.05, 0) is 6.92 Å². The first-order valence-electron chi connectivity index (χ1n) is 5.01. The molecule has 0 aromatic heterocycles. The molecule has 0 aromatic rings. The lowest BCUT2D eigenvalue weighted by Crippen LogP contribution is -2.40. The van der Waals surface area contributed by atoms with Crippen molar-refractivity contribution in [3.63, 3.8) is 0 Å². The Balaban J connectivity index is 5.41. The molecule has 0 heterocycles. The summed E-state index contributed by atoms with van der Waals surface area (Å²) in [6, 6.07) is 0. The Labute approximate surface area is 110 Å². The molecule has 0 aliphatic carbocycles. The van der Waals surface area contributed by atoms with Crippen molar-refractivity contribution >= 4 is 19.5 Å². The molecular formula is C9H17O9P. The Kier molecular flexibility index (Phi) is 7.17. The van der Waals surface area contributed by atoms with Crippen molar-refractivity contribution in [2.75, 3.05) is 28.4 Å². The maximum absolute atomic E-state index is 12.4. The fourth-order valence-electron chi connectivity index (χ4n) is 1.33. The fraction of sp³-hybridized carbons (Fsp3) is 0.778. The predicted octanol–water partition coefficient (Wildman–Crippen LogP) is 0.830. The van der Waals surface area contributed by atoms with E-state index < -0.39 is 31.1 Å². The van der Waals surface area contributed by atoms with Crippen LogP contribution in [0.1, 0.15) is 13.3 Å². The summed E-state index contributed by atoms with van der Waals surface area (Å²) in [6.07, 6.45) is -0.651.